The highest BCUT2D eigenvalue weighted by Gasteiger charge is 2.34. The smallest absolute Gasteiger partial charge is 0.251 e. The fourth-order valence-electron chi connectivity index (χ4n) is 3.80. The predicted octanol–water partition coefficient (Wildman–Crippen LogP) is 2.97. The number of nitrogens with zero attached hydrogens (tertiary/aromatic N) is 1. The predicted molar refractivity (Wildman–Crippen MR) is 103 cm³/mol. The van der Waals surface area contributed by atoms with Crippen LogP contribution >= 0.6 is 0 Å². The molecule has 1 saturated heterocycles. The highest BCUT2D eigenvalue weighted by molar-refractivity contribution is 6.05. The lowest BCUT2D eigenvalue weighted by atomic mass is 9.97. The molecule has 5 heteroatoms. The number of nitrogens with one attached hydrogen (secondary N) is 2. The molecule has 0 bridgehead atoms. The topological polar surface area (TPSA) is 61.4 Å². The Bertz CT molecular complexity index is 819. The van der Waals surface area contributed by atoms with Crippen molar-refractivity contribution < 1.29 is 9.59 Å². The molecule has 0 radical (unpaired) electrons. The van der Waals surface area contributed by atoms with Gasteiger partial charge in [-0.15, -0.1) is 0 Å². The van der Waals surface area contributed by atoms with Crippen LogP contribution in [-0.2, 0) is 11.2 Å². The summed E-state index contributed by atoms with van der Waals surface area (Å²) in [6.45, 7) is 1.48. The van der Waals surface area contributed by atoms with Gasteiger partial charge < -0.3 is 15.5 Å². The fraction of sp³-hybridized carbons (Fsp3) is 0.333. The van der Waals surface area contributed by atoms with Gasteiger partial charge >= 0.3 is 0 Å². The first-order valence-electron chi connectivity index (χ1n) is 9.26. The van der Waals surface area contributed by atoms with E-state index in [-0.39, 0.29) is 17.9 Å². The molecular formula is C21H23N3O2. The number of piperidine rings is 1. The van der Waals surface area contributed by atoms with Crippen LogP contribution in [0.3, 0.4) is 0 Å². The van der Waals surface area contributed by atoms with Crippen molar-refractivity contribution >= 4 is 23.2 Å². The summed E-state index contributed by atoms with van der Waals surface area (Å²) in [5, 5.41) is 5.93. The molecule has 0 spiro atoms. The maximum atomic E-state index is 12.4. The van der Waals surface area contributed by atoms with Crippen LogP contribution in [0.4, 0.5) is 11.4 Å². The molecule has 4 rings (SSSR count). The fourth-order valence-corrected chi connectivity index (χ4v) is 3.80. The first kappa shape index (κ1) is 16.6. The van der Waals surface area contributed by atoms with E-state index < -0.39 is 0 Å². The van der Waals surface area contributed by atoms with Crippen LogP contribution in [0, 0.1) is 0 Å². The minimum atomic E-state index is -0.112. The van der Waals surface area contributed by atoms with Crippen molar-refractivity contribution in [2.75, 3.05) is 23.3 Å². The molecule has 2 N–H and O–H groups in total. The second-order valence-electron chi connectivity index (χ2n) is 6.92. The van der Waals surface area contributed by atoms with E-state index >= 15 is 0 Å². The van der Waals surface area contributed by atoms with Gasteiger partial charge in [-0.1, -0.05) is 30.3 Å². The minimum absolute atomic E-state index is 0.0406. The molecule has 2 aliphatic rings. The van der Waals surface area contributed by atoms with Crippen LogP contribution in [0.2, 0.25) is 0 Å². The highest BCUT2D eigenvalue weighted by Crippen LogP contribution is 2.36. The second kappa shape index (κ2) is 7.20. The maximum Gasteiger partial charge on any atom is 0.251 e. The first-order chi connectivity index (χ1) is 12.7. The number of carbonyl (C=O) groups excluding carboxylic acids is 2. The van der Waals surface area contributed by atoms with Crippen molar-refractivity contribution in [1.29, 1.82) is 0 Å². The Morgan fingerprint density at radius 1 is 1.15 bits per heavy atom. The second-order valence-corrected chi connectivity index (χ2v) is 6.92. The average Bonchev–Trinajstić information content (AvgIpc) is 2.68. The first-order valence-corrected chi connectivity index (χ1v) is 9.26. The zero-order valence-electron chi connectivity index (χ0n) is 14.7. The Morgan fingerprint density at radius 3 is 2.85 bits per heavy atom. The van der Waals surface area contributed by atoms with Crippen molar-refractivity contribution in [2.24, 2.45) is 0 Å². The monoisotopic (exact) mass is 349 g/mol. The number of hydrogen-bond acceptors (Lipinski definition) is 3. The summed E-state index contributed by atoms with van der Waals surface area (Å²) >= 11 is 0. The van der Waals surface area contributed by atoms with E-state index in [0.29, 0.717) is 12.1 Å². The van der Waals surface area contributed by atoms with Gasteiger partial charge in [-0.25, -0.2) is 0 Å². The zero-order chi connectivity index (χ0) is 17.9. The van der Waals surface area contributed by atoms with E-state index in [1.54, 1.807) is 6.07 Å². The van der Waals surface area contributed by atoms with Gasteiger partial charge in [-0.2, -0.15) is 0 Å². The van der Waals surface area contributed by atoms with Gasteiger partial charge in [0.05, 0.1) is 11.4 Å². The summed E-state index contributed by atoms with van der Waals surface area (Å²) in [6, 6.07) is 15.6. The van der Waals surface area contributed by atoms with Crippen LogP contribution in [-0.4, -0.2) is 30.9 Å². The molecule has 2 aromatic rings. The van der Waals surface area contributed by atoms with Gasteiger partial charge in [-0.05, 0) is 49.4 Å². The maximum absolute atomic E-state index is 12.4. The molecule has 2 amide bonds. The number of benzene rings is 2. The quantitative estimate of drug-likeness (QED) is 0.892. The molecule has 0 aliphatic carbocycles. The average molecular weight is 349 g/mol. The third-order valence-electron chi connectivity index (χ3n) is 5.17. The van der Waals surface area contributed by atoms with Crippen molar-refractivity contribution in [3.63, 3.8) is 0 Å². The van der Waals surface area contributed by atoms with E-state index in [1.807, 2.05) is 30.3 Å². The third-order valence-corrected chi connectivity index (χ3v) is 5.17. The molecule has 26 heavy (non-hydrogen) atoms. The summed E-state index contributed by atoms with van der Waals surface area (Å²) in [5.74, 6) is -0.0717. The molecule has 1 fully saturated rings. The molecule has 134 valence electrons. The summed E-state index contributed by atoms with van der Waals surface area (Å²) in [7, 11) is 0. The summed E-state index contributed by atoms with van der Waals surface area (Å²) in [6.07, 6.45) is 3.88. The Morgan fingerprint density at radius 2 is 2.00 bits per heavy atom. The molecule has 2 heterocycles. The van der Waals surface area contributed by atoms with Crippen LogP contribution < -0.4 is 15.5 Å². The van der Waals surface area contributed by atoms with E-state index in [2.05, 4.69) is 27.7 Å². The van der Waals surface area contributed by atoms with Gasteiger partial charge in [0, 0.05) is 18.7 Å². The molecular weight excluding hydrogens is 326 g/mol. The van der Waals surface area contributed by atoms with E-state index in [4.69, 9.17) is 0 Å². The third kappa shape index (κ3) is 3.29. The lowest BCUT2D eigenvalue weighted by Gasteiger charge is -2.41. The van der Waals surface area contributed by atoms with Crippen LogP contribution in [0.25, 0.3) is 0 Å². The van der Waals surface area contributed by atoms with Crippen molar-refractivity contribution in [2.45, 2.75) is 31.7 Å². The van der Waals surface area contributed by atoms with Gasteiger partial charge in [0.25, 0.3) is 5.91 Å². The van der Waals surface area contributed by atoms with Gasteiger partial charge in [-0.3, -0.25) is 9.59 Å². The largest absolute Gasteiger partial charge is 0.358 e. The summed E-state index contributed by atoms with van der Waals surface area (Å²) in [5.41, 5.74) is 3.54. The molecule has 2 aromatic carbocycles. The van der Waals surface area contributed by atoms with Gasteiger partial charge in [0.15, 0.2) is 0 Å². The van der Waals surface area contributed by atoms with E-state index in [9.17, 15) is 9.59 Å². The molecule has 0 aromatic heterocycles. The molecule has 5 nitrogen and oxygen atoms in total. The minimum Gasteiger partial charge on any atom is -0.358 e. The Labute approximate surface area is 153 Å². The number of rotatable bonds is 4. The summed E-state index contributed by atoms with van der Waals surface area (Å²) in [4.78, 5) is 27.0. The van der Waals surface area contributed by atoms with Crippen LogP contribution in [0.1, 0.15) is 35.2 Å². The van der Waals surface area contributed by atoms with Gasteiger partial charge in [0.2, 0.25) is 5.91 Å². The number of amides is 2. The number of fused-ring (bicyclic) bond motifs is 3. The Balaban J connectivity index is 1.44. The number of carbonyl (C=O) groups is 2. The normalized spacial score (nSPS) is 18.5. The zero-order valence-corrected chi connectivity index (χ0v) is 14.7. The van der Waals surface area contributed by atoms with Crippen molar-refractivity contribution in [3.8, 4) is 0 Å². The van der Waals surface area contributed by atoms with Crippen LogP contribution in [0.15, 0.2) is 48.5 Å². The van der Waals surface area contributed by atoms with E-state index in [0.717, 1.165) is 43.6 Å². The van der Waals surface area contributed by atoms with Crippen molar-refractivity contribution in [1.82, 2.24) is 5.32 Å². The van der Waals surface area contributed by atoms with Gasteiger partial charge in [0.1, 0.15) is 6.04 Å². The van der Waals surface area contributed by atoms with Crippen LogP contribution in [0.5, 0.6) is 0 Å². The molecule has 2 aliphatic heterocycles. The standard InChI is InChI=1S/C21H23N3O2/c25-20(22-12-11-15-6-2-1-3-7-15)16-9-10-18-17(14-16)23-21(26)19-8-4-5-13-24(18)19/h1-3,6-7,9-10,14,19H,4-5,8,11-13H2,(H,22,25)(H,23,26)/t19-/m1/s1. The van der Waals surface area contributed by atoms with E-state index in [1.165, 1.54) is 5.56 Å². The lowest BCUT2D eigenvalue weighted by molar-refractivity contribution is -0.118. The Hall–Kier alpha value is -2.82. The number of anilines is 2. The van der Waals surface area contributed by atoms with Crippen molar-refractivity contribution in [3.05, 3.63) is 59.7 Å². The molecule has 0 unspecified atom stereocenters. The summed E-state index contributed by atoms with van der Waals surface area (Å²) < 4.78 is 0. The lowest BCUT2D eigenvalue weighted by Crippen LogP contribution is -2.50. The Kier molecular flexibility index (Phi) is 4.61. The number of hydrogen-bond donors (Lipinski definition) is 2. The molecule has 1 atom stereocenters. The molecule has 0 saturated carbocycles. The highest BCUT2D eigenvalue weighted by atomic mass is 16.2. The SMILES string of the molecule is O=C(NCCc1ccccc1)c1ccc2c(c1)NC(=O)[C@H]1CCCCN21.